The molecule has 0 radical (unpaired) electrons. The standard InChI is InChI=1S/C11H15ClFN/c1-7(14)5-10-4-3-9(8(2)13)6-11(10)12/h3-4,6-8H,5,14H2,1-2H3. The van der Waals surface area contributed by atoms with Gasteiger partial charge in [-0.3, -0.25) is 0 Å². The van der Waals surface area contributed by atoms with Crippen LogP contribution >= 0.6 is 11.6 Å². The summed E-state index contributed by atoms with van der Waals surface area (Å²) in [7, 11) is 0. The SMILES string of the molecule is CC(N)Cc1ccc(C(C)F)cc1Cl. The second kappa shape index (κ2) is 4.76. The summed E-state index contributed by atoms with van der Waals surface area (Å²) in [6.07, 6.45) is -0.253. The van der Waals surface area contributed by atoms with Crippen molar-refractivity contribution in [3.05, 3.63) is 34.3 Å². The zero-order valence-electron chi connectivity index (χ0n) is 8.43. The van der Waals surface area contributed by atoms with Crippen LogP contribution in [0.3, 0.4) is 0 Å². The lowest BCUT2D eigenvalue weighted by Gasteiger charge is -2.09. The van der Waals surface area contributed by atoms with Crippen LogP contribution in [0.5, 0.6) is 0 Å². The first-order chi connectivity index (χ1) is 6.50. The van der Waals surface area contributed by atoms with Gasteiger partial charge in [0.05, 0.1) is 0 Å². The Morgan fingerprint density at radius 2 is 2.07 bits per heavy atom. The monoisotopic (exact) mass is 215 g/mol. The molecule has 1 aromatic rings. The van der Waals surface area contributed by atoms with Crippen LogP contribution < -0.4 is 5.73 Å². The van der Waals surface area contributed by atoms with Crippen LogP contribution in [0.4, 0.5) is 4.39 Å². The Morgan fingerprint density at radius 1 is 1.43 bits per heavy atom. The molecule has 0 saturated carbocycles. The van der Waals surface area contributed by atoms with Gasteiger partial charge in [0.1, 0.15) is 6.17 Å². The van der Waals surface area contributed by atoms with E-state index in [9.17, 15) is 4.39 Å². The van der Waals surface area contributed by atoms with Crippen molar-refractivity contribution in [1.82, 2.24) is 0 Å². The van der Waals surface area contributed by atoms with Crippen molar-refractivity contribution in [2.75, 3.05) is 0 Å². The highest BCUT2D eigenvalue weighted by atomic mass is 35.5. The van der Waals surface area contributed by atoms with Gasteiger partial charge in [-0.2, -0.15) is 0 Å². The summed E-state index contributed by atoms with van der Waals surface area (Å²) in [4.78, 5) is 0. The first-order valence-corrected chi connectivity index (χ1v) is 5.06. The van der Waals surface area contributed by atoms with Gasteiger partial charge in [0.25, 0.3) is 0 Å². The predicted octanol–water partition coefficient (Wildman–Crippen LogP) is 3.26. The molecule has 0 bridgehead atoms. The second-order valence-corrected chi connectivity index (χ2v) is 4.06. The minimum atomic E-state index is -0.975. The maximum Gasteiger partial charge on any atom is 0.122 e. The van der Waals surface area contributed by atoms with E-state index in [1.165, 1.54) is 6.92 Å². The van der Waals surface area contributed by atoms with Crippen molar-refractivity contribution in [2.45, 2.75) is 32.5 Å². The largest absolute Gasteiger partial charge is 0.328 e. The number of alkyl halides is 1. The van der Waals surface area contributed by atoms with Crippen molar-refractivity contribution in [2.24, 2.45) is 5.73 Å². The van der Waals surface area contributed by atoms with Gasteiger partial charge >= 0.3 is 0 Å². The zero-order valence-corrected chi connectivity index (χ0v) is 9.18. The van der Waals surface area contributed by atoms with Crippen LogP contribution in [-0.2, 0) is 6.42 Å². The number of hydrogen-bond donors (Lipinski definition) is 1. The summed E-state index contributed by atoms with van der Waals surface area (Å²) in [6, 6.07) is 5.34. The highest BCUT2D eigenvalue weighted by molar-refractivity contribution is 6.31. The van der Waals surface area contributed by atoms with Crippen LogP contribution in [0.25, 0.3) is 0 Å². The minimum absolute atomic E-state index is 0.0705. The Hall–Kier alpha value is -0.600. The number of nitrogens with two attached hydrogens (primary N) is 1. The maximum absolute atomic E-state index is 12.9. The molecular weight excluding hydrogens is 201 g/mol. The molecule has 0 aromatic heterocycles. The van der Waals surface area contributed by atoms with Crippen LogP contribution in [0, 0.1) is 0 Å². The summed E-state index contributed by atoms with van der Waals surface area (Å²) in [5.41, 5.74) is 7.25. The molecule has 0 spiro atoms. The lowest BCUT2D eigenvalue weighted by molar-refractivity contribution is 0.374. The molecule has 0 aliphatic carbocycles. The smallest absolute Gasteiger partial charge is 0.122 e. The number of hydrogen-bond acceptors (Lipinski definition) is 1. The first kappa shape index (κ1) is 11.5. The molecule has 0 amide bonds. The highest BCUT2D eigenvalue weighted by Gasteiger charge is 2.07. The van der Waals surface area contributed by atoms with Crippen molar-refractivity contribution in [3.8, 4) is 0 Å². The van der Waals surface area contributed by atoms with E-state index in [0.29, 0.717) is 10.6 Å². The van der Waals surface area contributed by atoms with Crippen LogP contribution in [0.2, 0.25) is 5.02 Å². The van der Waals surface area contributed by atoms with Gasteiger partial charge < -0.3 is 5.73 Å². The maximum atomic E-state index is 12.9. The van der Waals surface area contributed by atoms with Crippen molar-refractivity contribution in [3.63, 3.8) is 0 Å². The lowest BCUT2D eigenvalue weighted by Crippen LogP contribution is -2.17. The quantitative estimate of drug-likeness (QED) is 0.823. The molecule has 0 aliphatic heterocycles. The minimum Gasteiger partial charge on any atom is -0.328 e. The normalized spacial score (nSPS) is 15.2. The zero-order chi connectivity index (χ0) is 10.7. The third-order valence-electron chi connectivity index (χ3n) is 2.08. The summed E-state index contributed by atoms with van der Waals surface area (Å²) >= 11 is 6.00. The highest BCUT2D eigenvalue weighted by Crippen LogP contribution is 2.24. The molecule has 0 saturated heterocycles. The number of halogens is 2. The Balaban J connectivity index is 2.90. The molecule has 2 atom stereocenters. The Kier molecular flexibility index (Phi) is 3.90. The Labute approximate surface area is 89.1 Å². The van der Waals surface area contributed by atoms with Gasteiger partial charge in [-0.15, -0.1) is 0 Å². The van der Waals surface area contributed by atoms with E-state index < -0.39 is 6.17 Å². The molecule has 1 rings (SSSR count). The molecular formula is C11H15ClFN. The number of benzene rings is 1. The van der Waals surface area contributed by atoms with E-state index in [0.717, 1.165) is 12.0 Å². The first-order valence-electron chi connectivity index (χ1n) is 4.68. The van der Waals surface area contributed by atoms with Crippen molar-refractivity contribution >= 4 is 11.6 Å². The Morgan fingerprint density at radius 3 is 2.50 bits per heavy atom. The average Bonchev–Trinajstić information content (AvgIpc) is 2.07. The second-order valence-electron chi connectivity index (χ2n) is 3.65. The summed E-state index contributed by atoms with van der Waals surface area (Å²) < 4.78 is 12.9. The molecule has 14 heavy (non-hydrogen) atoms. The van der Waals surface area contributed by atoms with E-state index in [4.69, 9.17) is 17.3 Å². The molecule has 0 heterocycles. The fourth-order valence-electron chi connectivity index (χ4n) is 1.32. The fraction of sp³-hybridized carbons (Fsp3) is 0.455. The molecule has 0 fully saturated rings. The van der Waals surface area contributed by atoms with E-state index >= 15 is 0 Å². The third kappa shape index (κ3) is 2.96. The van der Waals surface area contributed by atoms with E-state index in [-0.39, 0.29) is 6.04 Å². The van der Waals surface area contributed by atoms with E-state index in [1.54, 1.807) is 12.1 Å². The molecule has 78 valence electrons. The third-order valence-corrected chi connectivity index (χ3v) is 2.43. The van der Waals surface area contributed by atoms with Crippen LogP contribution in [0.1, 0.15) is 31.1 Å². The van der Waals surface area contributed by atoms with Crippen LogP contribution in [0.15, 0.2) is 18.2 Å². The van der Waals surface area contributed by atoms with Gasteiger partial charge in [0, 0.05) is 11.1 Å². The molecule has 2 unspecified atom stereocenters. The van der Waals surface area contributed by atoms with Gasteiger partial charge in [0.15, 0.2) is 0 Å². The molecule has 0 aliphatic rings. The summed E-state index contributed by atoms with van der Waals surface area (Å²) in [6.45, 7) is 3.42. The molecule has 3 heteroatoms. The van der Waals surface area contributed by atoms with Crippen molar-refractivity contribution in [1.29, 1.82) is 0 Å². The summed E-state index contributed by atoms with van der Waals surface area (Å²) in [5.74, 6) is 0. The van der Waals surface area contributed by atoms with Gasteiger partial charge in [-0.25, -0.2) is 4.39 Å². The lowest BCUT2D eigenvalue weighted by atomic mass is 10.0. The van der Waals surface area contributed by atoms with E-state index in [2.05, 4.69) is 0 Å². The topological polar surface area (TPSA) is 26.0 Å². The fourth-order valence-corrected chi connectivity index (χ4v) is 1.59. The van der Waals surface area contributed by atoms with Gasteiger partial charge in [-0.1, -0.05) is 23.7 Å². The average molecular weight is 216 g/mol. The molecule has 1 aromatic carbocycles. The molecule has 2 N–H and O–H groups in total. The van der Waals surface area contributed by atoms with Crippen LogP contribution in [-0.4, -0.2) is 6.04 Å². The van der Waals surface area contributed by atoms with Crippen molar-refractivity contribution < 1.29 is 4.39 Å². The Bertz CT molecular complexity index is 310. The predicted molar refractivity (Wildman–Crippen MR) is 58.3 cm³/mol. The van der Waals surface area contributed by atoms with Gasteiger partial charge in [0.2, 0.25) is 0 Å². The number of rotatable bonds is 3. The van der Waals surface area contributed by atoms with Gasteiger partial charge in [-0.05, 0) is 37.5 Å². The molecule has 1 nitrogen and oxygen atoms in total. The van der Waals surface area contributed by atoms with E-state index in [1.807, 2.05) is 13.0 Å². The summed E-state index contributed by atoms with van der Waals surface area (Å²) in [5, 5.41) is 0.601.